The zero-order chi connectivity index (χ0) is 13.1. The van der Waals surface area contributed by atoms with Crippen molar-refractivity contribution in [3.63, 3.8) is 0 Å². The van der Waals surface area contributed by atoms with Crippen LogP contribution >= 0.6 is 11.8 Å². The van der Waals surface area contributed by atoms with Crippen LogP contribution in [0.3, 0.4) is 0 Å². The molecule has 0 bridgehead atoms. The van der Waals surface area contributed by atoms with Gasteiger partial charge in [0, 0.05) is 0 Å². The molecule has 2 heterocycles. The normalized spacial score (nSPS) is 10.3. The SMILES string of the molecule is Cc1cnc(CSc2nnc(C)c(C)c2C#N)o1. The van der Waals surface area contributed by atoms with Crippen molar-refractivity contribution in [1.29, 1.82) is 5.26 Å². The molecule has 92 valence electrons. The first-order chi connectivity index (χ1) is 8.61. The van der Waals surface area contributed by atoms with Gasteiger partial charge in [0.25, 0.3) is 0 Å². The van der Waals surface area contributed by atoms with Gasteiger partial charge < -0.3 is 4.42 Å². The van der Waals surface area contributed by atoms with Crippen LogP contribution in [-0.2, 0) is 5.75 Å². The summed E-state index contributed by atoms with van der Waals surface area (Å²) in [6, 6.07) is 2.17. The van der Waals surface area contributed by atoms with E-state index in [1.807, 2.05) is 20.8 Å². The molecule has 5 nitrogen and oxygen atoms in total. The highest BCUT2D eigenvalue weighted by atomic mass is 32.2. The van der Waals surface area contributed by atoms with Crippen LogP contribution in [0, 0.1) is 32.1 Å². The van der Waals surface area contributed by atoms with Gasteiger partial charge >= 0.3 is 0 Å². The van der Waals surface area contributed by atoms with Gasteiger partial charge in [0.15, 0.2) is 0 Å². The van der Waals surface area contributed by atoms with Gasteiger partial charge in [-0.25, -0.2) is 4.98 Å². The Hall–Kier alpha value is -1.87. The monoisotopic (exact) mass is 260 g/mol. The van der Waals surface area contributed by atoms with Gasteiger partial charge in [0.2, 0.25) is 5.89 Å². The van der Waals surface area contributed by atoms with E-state index in [2.05, 4.69) is 21.3 Å². The molecule has 0 radical (unpaired) electrons. The number of oxazole rings is 1. The first-order valence-corrected chi connectivity index (χ1v) is 6.38. The van der Waals surface area contributed by atoms with Gasteiger partial charge in [0.05, 0.1) is 23.2 Å². The molecule has 0 amide bonds. The maximum Gasteiger partial charge on any atom is 0.204 e. The molecule has 0 aliphatic rings. The number of aryl methyl sites for hydroxylation is 2. The van der Waals surface area contributed by atoms with Gasteiger partial charge in [-0.15, -0.1) is 5.10 Å². The number of aromatic nitrogens is 3. The summed E-state index contributed by atoms with van der Waals surface area (Å²) in [7, 11) is 0. The summed E-state index contributed by atoms with van der Waals surface area (Å²) in [5.74, 6) is 1.94. The molecule has 0 aliphatic carbocycles. The van der Waals surface area contributed by atoms with Crippen LogP contribution in [-0.4, -0.2) is 15.2 Å². The third kappa shape index (κ3) is 2.51. The fourth-order valence-corrected chi connectivity index (χ4v) is 2.25. The zero-order valence-electron chi connectivity index (χ0n) is 10.4. The van der Waals surface area contributed by atoms with Gasteiger partial charge in [-0.2, -0.15) is 10.4 Å². The summed E-state index contributed by atoms with van der Waals surface area (Å²) in [5.41, 5.74) is 2.23. The minimum absolute atomic E-state index is 0.541. The van der Waals surface area contributed by atoms with Crippen LogP contribution in [0.4, 0.5) is 0 Å². The molecule has 0 fully saturated rings. The van der Waals surface area contributed by atoms with Gasteiger partial charge in [0.1, 0.15) is 16.9 Å². The molecule has 0 saturated carbocycles. The Labute approximate surface area is 109 Å². The van der Waals surface area contributed by atoms with E-state index < -0.39 is 0 Å². The number of hydrogen-bond donors (Lipinski definition) is 0. The van der Waals surface area contributed by atoms with Crippen molar-refractivity contribution < 1.29 is 4.42 Å². The molecule has 0 aromatic carbocycles. The van der Waals surface area contributed by atoms with Crippen molar-refractivity contribution in [1.82, 2.24) is 15.2 Å². The number of rotatable bonds is 3. The Kier molecular flexibility index (Phi) is 3.63. The topological polar surface area (TPSA) is 75.6 Å². The molecule has 6 heteroatoms. The molecule has 2 rings (SSSR count). The second-order valence-electron chi connectivity index (χ2n) is 3.86. The summed E-state index contributed by atoms with van der Waals surface area (Å²) < 4.78 is 5.37. The van der Waals surface area contributed by atoms with Crippen molar-refractivity contribution in [3.8, 4) is 6.07 Å². The van der Waals surface area contributed by atoms with E-state index in [1.165, 1.54) is 11.8 Å². The average Bonchev–Trinajstić information content (AvgIpc) is 2.77. The fraction of sp³-hybridized carbons (Fsp3) is 0.333. The minimum Gasteiger partial charge on any atom is -0.445 e. The van der Waals surface area contributed by atoms with Crippen LogP contribution in [0.2, 0.25) is 0 Å². The second kappa shape index (κ2) is 5.19. The van der Waals surface area contributed by atoms with Gasteiger partial charge in [-0.3, -0.25) is 0 Å². The van der Waals surface area contributed by atoms with Crippen molar-refractivity contribution >= 4 is 11.8 Å². The van der Waals surface area contributed by atoms with E-state index in [1.54, 1.807) is 6.20 Å². The minimum atomic E-state index is 0.541. The first kappa shape index (κ1) is 12.6. The van der Waals surface area contributed by atoms with E-state index >= 15 is 0 Å². The van der Waals surface area contributed by atoms with Gasteiger partial charge in [-0.05, 0) is 26.3 Å². The summed E-state index contributed by atoms with van der Waals surface area (Å²) in [4.78, 5) is 4.11. The van der Waals surface area contributed by atoms with Crippen molar-refractivity contribution in [2.24, 2.45) is 0 Å². The third-order valence-corrected chi connectivity index (χ3v) is 3.49. The number of thioether (sulfide) groups is 1. The van der Waals surface area contributed by atoms with Crippen LogP contribution in [0.15, 0.2) is 15.6 Å². The lowest BCUT2D eigenvalue weighted by molar-refractivity contribution is 0.490. The number of hydrogen-bond acceptors (Lipinski definition) is 6. The van der Waals surface area contributed by atoms with E-state index in [0.29, 0.717) is 22.2 Å². The highest BCUT2D eigenvalue weighted by Crippen LogP contribution is 2.25. The zero-order valence-corrected chi connectivity index (χ0v) is 11.2. The average molecular weight is 260 g/mol. The fourth-order valence-electron chi connectivity index (χ4n) is 1.42. The lowest BCUT2D eigenvalue weighted by Crippen LogP contribution is -1.99. The summed E-state index contributed by atoms with van der Waals surface area (Å²) in [5, 5.41) is 17.9. The third-order valence-electron chi connectivity index (χ3n) is 2.54. The Balaban J connectivity index is 2.20. The van der Waals surface area contributed by atoms with Crippen LogP contribution in [0.5, 0.6) is 0 Å². The molecule has 18 heavy (non-hydrogen) atoms. The maximum absolute atomic E-state index is 9.15. The Morgan fingerprint density at radius 3 is 2.72 bits per heavy atom. The lowest BCUT2D eigenvalue weighted by atomic mass is 10.1. The predicted molar refractivity (Wildman–Crippen MR) is 67.0 cm³/mol. The second-order valence-corrected chi connectivity index (χ2v) is 4.82. The molecule has 2 aromatic heterocycles. The Morgan fingerprint density at radius 1 is 1.33 bits per heavy atom. The van der Waals surface area contributed by atoms with Crippen LogP contribution in [0.1, 0.15) is 28.5 Å². The molecule has 2 aromatic rings. The molecule has 0 unspecified atom stereocenters. The van der Waals surface area contributed by atoms with Crippen molar-refractivity contribution in [2.45, 2.75) is 31.6 Å². The van der Waals surface area contributed by atoms with Crippen molar-refractivity contribution in [2.75, 3.05) is 0 Å². The molecular weight excluding hydrogens is 248 g/mol. The molecule has 0 saturated heterocycles. The lowest BCUT2D eigenvalue weighted by Gasteiger charge is -2.05. The van der Waals surface area contributed by atoms with Gasteiger partial charge in [-0.1, -0.05) is 11.8 Å². The number of nitriles is 1. The summed E-state index contributed by atoms with van der Waals surface area (Å²) in [6.07, 6.45) is 1.67. The van der Waals surface area contributed by atoms with E-state index in [-0.39, 0.29) is 0 Å². The molecule has 0 atom stereocenters. The quantitative estimate of drug-likeness (QED) is 0.789. The van der Waals surface area contributed by atoms with E-state index in [0.717, 1.165) is 17.0 Å². The standard InChI is InChI=1S/C12H12N4OS/c1-7-5-14-11(17-7)6-18-12-10(4-13)8(2)9(3)15-16-12/h5H,6H2,1-3H3. The highest BCUT2D eigenvalue weighted by molar-refractivity contribution is 7.98. The molecule has 0 spiro atoms. The number of nitrogens with zero attached hydrogens (tertiary/aromatic N) is 4. The van der Waals surface area contributed by atoms with Crippen LogP contribution in [0.25, 0.3) is 0 Å². The van der Waals surface area contributed by atoms with Crippen LogP contribution < -0.4 is 0 Å². The molecule has 0 aliphatic heterocycles. The van der Waals surface area contributed by atoms with E-state index in [9.17, 15) is 0 Å². The largest absolute Gasteiger partial charge is 0.445 e. The molecule has 0 N–H and O–H groups in total. The summed E-state index contributed by atoms with van der Waals surface area (Å²) in [6.45, 7) is 5.56. The molecular formula is C12H12N4OS. The first-order valence-electron chi connectivity index (χ1n) is 5.40. The smallest absolute Gasteiger partial charge is 0.204 e. The van der Waals surface area contributed by atoms with Crippen molar-refractivity contribution in [3.05, 3.63) is 34.7 Å². The van der Waals surface area contributed by atoms with E-state index in [4.69, 9.17) is 9.68 Å². The Bertz CT molecular complexity index is 615. The Morgan fingerprint density at radius 2 is 2.11 bits per heavy atom. The summed E-state index contributed by atoms with van der Waals surface area (Å²) >= 11 is 1.41. The predicted octanol–water partition coefficient (Wildman–Crippen LogP) is 2.55. The maximum atomic E-state index is 9.15. The highest BCUT2D eigenvalue weighted by Gasteiger charge is 2.12.